The van der Waals surface area contributed by atoms with Crippen molar-refractivity contribution >= 4 is 61.0 Å². The molecule has 1 atom stereocenters. The van der Waals surface area contributed by atoms with Crippen molar-refractivity contribution in [2.45, 2.75) is 6.23 Å². The first-order valence-corrected chi connectivity index (χ1v) is 19.8. The van der Waals surface area contributed by atoms with E-state index < -0.39 is 0 Å². The van der Waals surface area contributed by atoms with Gasteiger partial charge in [-0.25, -0.2) is 0 Å². The molecule has 8 aromatic carbocycles. The predicted octanol–water partition coefficient (Wildman–Crippen LogP) is 11.7. The maximum atomic E-state index is 6.45. The van der Waals surface area contributed by atoms with E-state index >= 15 is 0 Å². The molecule has 1 unspecified atom stereocenters. The standard InChI is InChI=1S/C48H30N4OSe/c1-3-12-31(13-4-1)45-50-46(52-47(51-45)38-20-11-19-36-35-17-9-10-21-41(35)54-44(36)38)37-18-8-7-16-34(37)33-25-23-29-22-24-30-26-27-40-43(42(30)39(29)28-33)49-48(53-40)32-14-5-2-6-15-32/h1-28,48-49H. The number of rotatable bonds is 5. The second kappa shape index (κ2) is 12.5. The van der Waals surface area contributed by atoms with Gasteiger partial charge in [-0.05, 0) is 6.07 Å². The molecule has 0 spiro atoms. The van der Waals surface area contributed by atoms with E-state index in [1.165, 1.54) is 19.3 Å². The molecule has 0 aliphatic carbocycles. The average molecular weight is 758 g/mol. The van der Waals surface area contributed by atoms with Crippen LogP contribution in [0, 0.1) is 0 Å². The number of fused-ring (bicyclic) bond motifs is 8. The molecule has 11 rings (SSSR count). The maximum absolute atomic E-state index is 6.45. The van der Waals surface area contributed by atoms with Crippen LogP contribution < -0.4 is 10.1 Å². The van der Waals surface area contributed by atoms with E-state index in [0.29, 0.717) is 17.5 Å². The summed E-state index contributed by atoms with van der Waals surface area (Å²) in [6.07, 6.45) is -0.246. The number of nitrogens with zero attached hydrogens (tertiary/aromatic N) is 3. The number of anilines is 1. The summed E-state index contributed by atoms with van der Waals surface area (Å²) in [6, 6.07) is 59.6. The van der Waals surface area contributed by atoms with Crippen LogP contribution in [0.1, 0.15) is 11.8 Å². The van der Waals surface area contributed by atoms with Crippen molar-refractivity contribution in [3.8, 4) is 51.0 Å². The molecule has 5 nitrogen and oxygen atoms in total. The molecule has 0 bridgehead atoms. The second-order valence-corrected chi connectivity index (χ2v) is 15.8. The van der Waals surface area contributed by atoms with E-state index in [4.69, 9.17) is 19.7 Å². The van der Waals surface area contributed by atoms with E-state index in [1.54, 1.807) is 0 Å². The van der Waals surface area contributed by atoms with E-state index in [9.17, 15) is 0 Å². The quantitative estimate of drug-likeness (QED) is 0.140. The molecule has 1 N–H and O–H groups in total. The minimum absolute atomic E-state index is 0.148. The Labute approximate surface area is 317 Å². The predicted molar refractivity (Wildman–Crippen MR) is 222 cm³/mol. The number of aromatic nitrogens is 3. The first-order valence-electron chi connectivity index (χ1n) is 18.0. The summed E-state index contributed by atoms with van der Waals surface area (Å²) in [6.45, 7) is 0. The Balaban J connectivity index is 1.09. The van der Waals surface area contributed by atoms with Gasteiger partial charge in [0.05, 0.1) is 0 Å². The van der Waals surface area contributed by atoms with Crippen LogP contribution in [-0.4, -0.2) is 29.5 Å². The van der Waals surface area contributed by atoms with Crippen LogP contribution in [0.5, 0.6) is 5.75 Å². The van der Waals surface area contributed by atoms with Crippen molar-refractivity contribution in [2.75, 3.05) is 5.32 Å². The Morgan fingerprint density at radius 2 is 1.13 bits per heavy atom. The molecular formula is C48H30N4OSe. The van der Waals surface area contributed by atoms with Gasteiger partial charge >= 0.3 is 243 Å². The van der Waals surface area contributed by atoms with Gasteiger partial charge in [0.25, 0.3) is 0 Å². The zero-order valence-corrected chi connectivity index (χ0v) is 30.6. The molecule has 10 aromatic rings. The molecule has 254 valence electrons. The van der Waals surface area contributed by atoms with E-state index in [-0.39, 0.29) is 20.7 Å². The van der Waals surface area contributed by atoms with Gasteiger partial charge in [-0.15, -0.1) is 0 Å². The van der Waals surface area contributed by atoms with Gasteiger partial charge in [-0.3, -0.25) is 0 Å². The van der Waals surface area contributed by atoms with Gasteiger partial charge in [0.15, 0.2) is 6.23 Å². The van der Waals surface area contributed by atoms with Gasteiger partial charge in [-0.2, -0.15) is 0 Å². The molecule has 1 aliphatic heterocycles. The Bertz CT molecular complexity index is 3070. The van der Waals surface area contributed by atoms with Crippen molar-refractivity contribution in [1.29, 1.82) is 0 Å². The van der Waals surface area contributed by atoms with Crippen molar-refractivity contribution in [3.63, 3.8) is 0 Å². The zero-order chi connectivity index (χ0) is 35.6. The SMILES string of the molecule is c1ccc(-c2nc(-c3ccccc3-c3ccc4ccc5ccc6c(c5c4c3)NC(c3ccccc3)O6)nc(-c3cccc4c3[se]c3ccccc34)n2)cc1. The van der Waals surface area contributed by atoms with Gasteiger partial charge in [0.1, 0.15) is 5.75 Å². The summed E-state index contributed by atoms with van der Waals surface area (Å²) < 4.78 is 9.16. The summed E-state index contributed by atoms with van der Waals surface area (Å²) in [4.78, 5) is 15.6. The molecule has 0 amide bonds. The van der Waals surface area contributed by atoms with E-state index in [1.807, 2.05) is 36.4 Å². The Morgan fingerprint density at radius 3 is 2.00 bits per heavy atom. The topological polar surface area (TPSA) is 59.9 Å². The molecule has 0 radical (unpaired) electrons. The number of benzene rings is 8. The summed E-state index contributed by atoms with van der Waals surface area (Å²) in [5, 5.41) is 10.9. The van der Waals surface area contributed by atoms with Crippen molar-refractivity contribution in [1.82, 2.24) is 15.0 Å². The van der Waals surface area contributed by atoms with Crippen LogP contribution in [0.4, 0.5) is 5.69 Å². The fourth-order valence-electron chi connectivity index (χ4n) is 7.79. The molecule has 0 fully saturated rings. The van der Waals surface area contributed by atoms with Gasteiger partial charge in [0.2, 0.25) is 0 Å². The third-order valence-corrected chi connectivity index (χ3v) is 12.9. The third-order valence-electron chi connectivity index (χ3n) is 10.4. The summed E-state index contributed by atoms with van der Waals surface area (Å²) in [7, 11) is 0. The number of hydrogen-bond acceptors (Lipinski definition) is 5. The normalized spacial score (nSPS) is 13.7. The van der Waals surface area contributed by atoms with Crippen LogP contribution in [0.15, 0.2) is 170 Å². The average Bonchev–Trinajstić information content (AvgIpc) is 3.86. The summed E-state index contributed by atoms with van der Waals surface area (Å²) in [5.74, 6) is 2.86. The minimum atomic E-state index is -0.246. The zero-order valence-electron chi connectivity index (χ0n) is 28.9. The van der Waals surface area contributed by atoms with Gasteiger partial charge < -0.3 is 10.1 Å². The van der Waals surface area contributed by atoms with Crippen LogP contribution in [-0.2, 0) is 0 Å². The van der Waals surface area contributed by atoms with Crippen molar-refractivity contribution < 1.29 is 4.74 Å². The summed E-state index contributed by atoms with van der Waals surface area (Å²) in [5.41, 5.74) is 7.23. The molecule has 1 aliphatic rings. The third kappa shape index (κ3) is 5.11. The fraction of sp³-hybridized carbons (Fsp3) is 0.0208. The molecule has 2 aromatic heterocycles. The van der Waals surface area contributed by atoms with E-state index in [0.717, 1.165) is 66.4 Å². The Morgan fingerprint density at radius 1 is 0.481 bits per heavy atom. The monoisotopic (exact) mass is 758 g/mol. The molecule has 0 saturated heterocycles. The van der Waals surface area contributed by atoms with Gasteiger partial charge in [-0.1, -0.05) is 42.5 Å². The van der Waals surface area contributed by atoms with Crippen LogP contribution in [0.2, 0.25) is 0 Å². The van der Waals surface area contributed by atoms with Crippen LogP contribution in [0.25, 0.3) is 86.1 Å². The molecule has 6 heteroatoms. The van der Waals surface area contributed by atoms with E-state index in [2.05, 4.69) is 139 Å². The first-order chi connectivity index (χ1) is 26.7. The molecular weight excluding hydrogens is 728 g/mol. The Hall–Kier alpha value is -6.59. The number of hydrogen-bond donors (Lipinski definition) is 1. The van der Waals surface area contributed by atoms with Crippen molar-refractivity contribution in [2.24, 2.45) is 0 Å². The second-order valence-electron chi connectivity index (χ2n) is 13.6. The molecule has 0 saturated carbocycles. The number of ether oxygens (including phenoxy) is 1. The Kier molecular flexibility index (Phi) is 7.19. The van der Waals surface area contributed by atoms with Crippen LogP contribution >= 0.6 is 0 Å². The molecule has 3 heterocycles. The first kappa shape index (κ1) is 31.0. The summed E-state index contributed by atoms with van der Waals surface area (Å²) >= 11 is 0.148. The number of nitrogens with one attached hydrogen (secondary N) is 1. The fourth-order valence-corrected chi connectivity index (χ4v) is 10.3. The van der Waals surface area contributed by atoms with Gasteiger partial charge in [0, 0.05) is 5.56 Å². The molecule has 54 heavy (non-hydrogen) atoms. The van der Waals surface area contributed by atoms with Crippen LogP contribution in [0.3, 0.4) is 0 Å². The van der Waals surface area contributed by atoms with Crippen molar-refractivity contribution in [3.05, 3.63) is 175 Å².